The van der Waals surface area contributed by atoms with E-state index in [0.29, 0.717) is 53.8 Å². The van der Waals surface area contributed by atoms with E-state index >= 15 is 9.18 Å². The van der Waals surface area contributed by atoms with Gasteiger partial charge in [-0.1, -0.05) is 89.4 Å². The van der Waals surface area contributed by atoms with Crippen molar-refractivity contribution in [3.63, 3.8) is 0 Å². The van der Waals surface area contributed by atoms with Gasteiger partial charge in [-0.2, -0.15) is 18.2 Å². The maximum absolute atomic E-state index is 15.4. The summed E-state index contributed by atoms with van der Waals surface area (Å²) in [5, 5.41) is 11.9. The zero-order valence-corrected chi connectivity index (χ0v) is 33.2. The number of hydrazine groups is 1. The molecule has 0 radical (unpaired) electrons. The number of aromatic nitrogens is 1. The Hall–Kier alpha value is -5.31. The number of alkyl halides is 3. The van der Waals surface area contributed by atoms with Crippen molar-refractivity contribution in [2.75, 3.05) is 18.5 Å². The van der Waals surface area contributed by atoms with E-state index in [2.05, 4.69) is 27.4 Å². The number of phenolic OH excluding ortho intramolecular Hbond substituents is 1. The van der Waals surface area contributed by atoms with Crippen molar-refractivity contribution in [3.05, 3.63) is 135 Å². The molecule has 0 bridgehead atoms. The Labute approximate surface area is 351 Å². The largest absolute Gasteiger partial charge is 0.505 e. The number of nitrogens with zero attached hydrogens (tertiary/aromatic N) is 4. The number of carbonyl (C=O) groups is 4. The van der Waals surface area contributed by atoms with Gasteiger partial charge in [-0.3, -0.25) is 34.4 Å². The zero-order valence-electron chi connectivity index (χ0n) is 31.7. The molecule has 0 unspecified atom stereocenters. The summed E-state index contributed by atoms with van der Waals surface area (Å²) in [5.41, 5.74) is 1.38. The molecular weight excluding hydrogens is 825 g/mol. The second-order valence-corrected chi connectivity index (χ2v) is 17.0. The average Bonchev–Trinajstić information content (AvgIpc) is 3.61. The Morgan fingerprint density at radius 1 is 0.883 bits per heavy atom. The third-order valence-electron chi connectivity index (χ3n) is 13.1. The number of rotatable bonds is 7. The number of phenols is 1. The summed E-state index contributed by atoms with van der Waals surface area (Å²) < 4.78 is 56.0. The van der Waals surface area contributed by atoms with Crippen LogP contribution in [0.2, 0.25) is 10.0 Å². The fourth-order valence-electron chi connectivity index (χ4n) is 10.5. The van der Waals surface area contributed by atoms with Crippen LogP contribution in [0.25, 0.3) is 0 Å². The van der Waals surface area contributed by atoms with Gasteiger partial charge >= 0.3 is 6.18 Å². The highest BCUT2D eigenvalue weighted by Gasteiger charge is 2.71. The van der Waals surface area contributed by atoms with Crippen LogP contribution in [0, 0.1) is 29.5 Å². The number of nitrogens with one attached hydrogen (secondary N) is 1. The number of piperidine rings is 1. The minimum absolute atomic E-state index is 0.0301. The summed E-state index contributed by atoms with van der Waals surface area (Å²) in [4.78, 5) is 66.8. The summed E-state index contributed by atoms with van der Waals surface area (Å²) in [5.74, 6) is -9.61. The van der Waals surface area contributed by atoms with Crippen molar-refractivity contribution in [2.45, 2.75) is 55.8 Å². The van der Waals surface area contributed by atoms with Crippen LogP contribution in [-0.4, -0.2) is 67.7 Å². The zero-order chi connectivity index (χ0) is 42.2. The maximum Gasteiger partial charge on any atom is 0.417 e. The van der Waals surface area contributed by atoms with E-state index in [-0.39, 0.29) is 41.8 Å². The van der Waals surface area contributed by atoms with E-state index in [1.54, 1.807) is 18.2 Å². The van der Waals surface area contributed by atoms with E-state index in [9.17, 15) is 32.7 Å². The first-order chi connectivity index (χ1) is 28.7. The SMILES string of the molecule is O=C1[C@@H]2C[C@@H]3C(=CC[C@@H]4C(=O)N(C5CCN(Cc6ccccc6)CC5)C(=O)[C@@H]43)[C@H](c3cccc(F)c3O)[C@]2(c2ccc(Cl)cc2)C(=O)N1Nc1ncc(C(F)(F)F)cc1Cl. The first kappa shape index (κ1) is 40.1. The van der Waals surface area contributed by atoms with Gasteiger partial charge in [0.2, 0.25) is 11.8 Å². The lowest BCUT2D eigenvalue weighted by atomic mass is 9.49. The number of pyridine rings is 1. The lowest BCUT2D eigenvalue weighted by molar-refractivity contribution is -0.144. The molecule has 4 fully saturated rings. The molecule has 3 aromatic carbocycles. The number of hydrogen-bond acceptors (Lipinski definition) is 8. The number of anilines is 1. The van der Waals surface area contributed by atoms with Crippen LogP contribution >= 0.6 is 23.2 Å². The van der Waals surface area contributed by atoms with Gasteiger partial charge < -0.3 is 5.11 Å². The van der Waals surface area contributed by atoms with E-state index in [0.717, 1.165) is 18.2 Å². The molecule has 0 spiro atoms. The number of halogens is 6. The molecule has 6 atom stereocenters. The van der Waals surface area contributed by atoms with Gasteiger partial charge in [-0.05, 0) is 67.0 Å². The summed E-state index contributed by atoms with van der Waals surface area (Å²) in [7, 11) is 0. The Balaban J connectivity index is 1.12. The number of imide groups is 2. The molecule has 3 aliphatic heterocycles. The van der Waals surface area contributed by atoms with E-state index in [1.807, 2.05) is 18.2 Å². The van der Waals surface area contributed by atoms with Gasteiger partial charge in [-0.15, -0.1) is 0 Å². The van der Waals surface area contributed by atoms with Gasteiger partial charge in [0.15, 0.2) is 17.4 Å². The minimum atomic E-state index is -4.78. The van der Waals surface area contributed by atoms with E-state index in [1.165, 1.54) is 29.2 Å². The van der Waals surface area contributed by atoms with Crippen LogP contribution < -0.4 is 5.43 Å². The lowest BCUT2D eigenvalue weighted by Crippen LogP contribution is -2.53. The lowest BCUT2D eigenvalue weighted by Gasteiger charge is -2.50. The van der Waals surface area contributed by atoms with Crippen LogP contribution in [-0.2, 0) is 37.3 Å². The van der Waals surface area contributed by atoms with Crippen molar-refractivity contribution in [1.82, 2.24) is 19.8 Å². The predicted molar refractivity (Wildman–Crippen MR) is 212 cm³/mol. The molecular formula is C44H37Cl2F4N5O5. The van der Waals surface area contributed by atoms with Gasteiger partial charge in [-0.25, -0.2) is 9.37 Å². The summed E-state index contributed by atoms with van der Waals surface area (Å²) >= 11 is 12.6. The molecule has 2 aliphatic carbocycles. The van der Waals surface area contributed by atoms with Gasteiger partial charge in [0.25, 0.3) is 11.8 Å². The van der Waals surface area contributed by atoms with Gasteiger partial charge in [0.05, 0.1) is 33.8 Å². The number of benzene rings is 3. The van der Waals surface area contributed by atoms with Crippen LogP contribution in [0.4, 0.5) is 23.4 Å². The Kier molecular flexibility index (Phi) is 10.0. The molecule has 9 rings (SSSR count). The van der Waals surface area contributed by atoms with E-state index in [4.69, 9.17) is 23.2 Å². The molecule has 3 saturated heterocycles. The van der Waals surface area contributed by atoms with Crippen molar-refractivity contribution < 1.29 is 41.8 Å². The first-order valence-electron chi connectivity index (χ1n) is 19.6. The fourth-order valence-corrected chi connectivity index (χ4v) is 10.8. The number of aromatic hydroxyl groups is 1. The Bertz CT molecular complexity index is 2450. The minimum Gasteiger partial charge on any atom is -0.505 e. The molecule has 4 heterocycles. The van der Waals surface area contributed by atoms with Crippen LogP contribution in [0.15, 0.2) is 96.7 Å². The smallest absolute Gasteiger partial charge is 0.417 e. The first-order valence-corrected chi connectivity index (χ1v) is 20.4. The van der Waals surface area contributed by atoms with Gasteiger partial charge in [0.1, 0.15) is 0 Å². The second kappa shape index (κ2) is 15.0. The summed E-state index contributed by atoms with van der Waals surface area (Å²) in [6, 6.07) is 20.3. The van der Waals surface area contributed by atoms with Crippen molar-refractivity contribution in [3.8, 4) is 5.75 Å². The van der Waals surface area contributed by atoms with Crippen LogP contribution in [0.5, 0.6) is 5.75 Å². The standard InChI is InChI=1S/C44H37Cl2F4N5O5/c45-26-11-9-24(10-12-26)43-32(40(58)55(42(43)60)52-38-33(46)19-25(21-51-38)44(48,49)50)20-31-28(36(43)30-7-4-8-34(47)37(30)56)13-14-29-35(31)41(59)54(39(29)57)27-15-17-53(18-16-27)22-23-5-2-1-3-6-23/h1-13,19,21,27,29,31-32,35-36,56H,14-18,20,22H2,(H,51,52)/t29-,31+,32-,35-,36+,43+/m0/s1. The highest BCUT2D eigenvalue weighted by atomic mass is 35.5. The van der Waals surface area contributed by atoms with Crippen molar-refractivity contribution in [1.29, 1.82) is 0 Å². The number of likely N-dealkylation sites (tertiary alicyclic amines) is 2. The highest BCUT2D eigenvalue weighted by molar-refractivity contribution is 6.33. The van der Waals surface area contributed by atoms with Crippen molar-refractivity contribution in [2.24, 2.45) is 23.7 Å². The third kappa shape index (κ3) is 6.37. The van der Waals surface area contributed by atoms with Crippen molar-refractivity contribution >= 4 is 52.6 Å². The molecule has 4 amide bonds. The highest BCUT2D eigenvalue weighted by Crippen LogP contribution is 2.65. The monoisotopic (exact) mass is 861 g/mol. The molecule has 16 heteroatoms. The van der Waals surface area contributed by atoms with E-state index < -0.39 is 81.0 Å². The summed E-state index contributed by atoms with van der Waals surface area (Å²) in [6.07, 6.45) is -1.33. The predicted octanol–water partition coefficient (Wildman–Crippen LogP) is 7.90. The molecule has 1 saturated carbocycles. The average molecular weight is 863 g/mol. The molecule has 4 aromatic rings. The molecule has 1 aromatic heterocycles. The normalized spacial score (nSPS) is 27.2. The number of carbonyl (C=O) groups excluding carboxylic acids is 4. The molecule has 5 aliphatic rings. The Morgan fingerprint density at radius 3 is 2.28 bits per heavy atom. The third-order valence-corrected chi connectivity index (χ3v) is 13.6. The topological polar surface area (TPSA) is 123 Å². The quantitative estimate of drug-likeness (QED) is 0.109. The number of allylic oxidation sites excluding steroid dienone is 2. The Morgan fingerprint density at radius 2 is 1.60 bits per heavy atom. The van der Waals surface area contributed by atoms with Gasteiger partial charge in [0, 0.05) is 48.4 Å². The second-order valence-electron chi connectivity index (χ2n) is 16.1. The number of amides is 4. The number of para-hydroxylation sites is 1. The number of fused-ring (bicyclic) bond motifs is 4. The molecule has 2 N–H and O–H groups in total. The summed E-state index contributed by atoms with van der Waals surface area (Å²) in [6.45, 7) is 2.08. The fraction of sp³-hybridized carbons (Fsp3) is 0.341. The maximum atomic E-state index is 15.4. The molecule has 60 heavy (non-hydrogen) atoms. The van der Waals surface area contributed by atoms with Crippen LogP contribution in [0.3, 0.4) is 0 Å². The molecule has 10 nitrogen and oxygen atoms in total. The molecule has 310 valence electrons. The number of hydrogen-bond donors (Lipinski definition) is 2. The van der Waals surface area contributed by atoms with Crippen LogP contribution in [0.1, 0.15) is 53.9 Å².